The van der Waals surface area contributed by atoms with Gasteiger partial charge in [-0.1, -0.05) is 30.3 Å². The molecule has 1 heterocycles. The molecular formula is C19H18N4. The first-order chi connectivity index (χ1) is 11.2. The summed E-state index contributed by atoms with van der Waals surface area (Å²) >= 11 is 0. The van der Waals surface area contributed by atoms with Gasteiger partial charge in [0.15, 0.2) is 0 Å². The highest BCUT2D eigenvalue weighted by Gasteiger charge is 2.15. The third-order valence-electron chi connectivity index (χ3n) is 3.91. The van der Waals surface area contributed by atoms with Crippen LogP contribution in [0.5, 0.6) is 0 Å². The standard InChI is InChI=1S/C19H18N4/c1-21-19-16(12-20)18(15-6-4-5-7-17(15)22-19)13-8-10-14(11-9-13)23(2)3/h4-11H,1-3H3,(H,21,22). The van der Waals surface area contributed by atoms with E-state index in [0.717, 1.165) is 27.7 Å². The average molecular weight is 302 g/mol. The van der Waals surface area contributed by atoms with Gasteiger partial charge in [0.1, 0.15) is 17.5 Å². The minimum absolute atomic E-state index is 0.573. The molecule has 2 aromatic carbocycles. The molecule has 3 aromatic rings. The van der Waals surface area contributed by atoms with E-state index >= 15 is 0 Å². The van der Waals surface area contributed by atoms with Crippen LogP contribution in [0.25, 0.3) is 22.0 Å². The van der Waals surface area contributed by atoms with Gasteiger partial charge in [0.25, 0.3) is 0 Å². The van der Waals surface area contributed by atoms with Gasteiger partial charge in [-0.15, -0.1) is 0 Å². The Kier molecular flexibility index (Phi) is 3.86. The van der Waals surface area contributed by atoms with Gasteiger partial charge in [-0.05, 0) is 23.8 Å². The molecule has 3 rings (SSSR count). The van der Waals surface area contributed by atoms with Crippen LogP contribution in [0.1, 0.15) is 5.56 Å². The van der Waals surface area contributed by atoms with E-state index in [4.69, 9.17) is 0 Å². The third-order valence-corrected chi connectivity index (χ3v) is 3.91. The van der Waals surface area contributed by atoms with E-state index in [0.29, 0.717) is 11.4 Å². The Labute approximate surface area is 136 Å². The Hall–Kier alpha value is -3.06. The first kappa shape index (κ1) is 14.9. The minimum Gasteiger partial charge on any atom is -0.378 e. The van der Waals surface area contributed by atoms with Gasteiger partial charge >= 0.3 is 0 Å². The predicted octanol–water partition coefficient (Wildman–Crippen LogP) is 3.88. The molecule has 0 aliphatic rings. The van der Waals surface area contributed by atoms with Gasteiger partial charge in [0.2, 0.25) is 0 Å². The van der Waals surface area contributed by atoms with Gasteiger partial charge < -0.3 is 10.2 Å². The molecule has 0 unspecified atom stereocenters. The highest BCUT2D eigenvalue weighted by molar-refractivity contribution is 6.00. The third kappa shape index (κ3) is 2.58. The second-order valence-corrected chi connectivity index (χ2v) is 5.53. The Morgan fingerprint density at radius 1 is 1.04 bits per heavy atom. The van der Waals surface area contributed by atoms with E-state index < -0.39 is 0 Å². The van der Waals surface area contributed by atoms with Crippen molar-refractivity contribution in [2.45, 2.75) is 0 Å². The van der Waals surface area contributed by atoms with Gasteiger partial charge in [0.05, 0.1) is 5.52 Å². The topological polar surface area (TPSA) is 52.0 Å². The zero-order valence-electron chi connectivity index (χ0n) is 13.5. The van der Waals surface area contributed by atoms with Crippen molar-refractivity contribution in [3.8, 4) is 17.2 Å². The number of nitriles is 1. The molecule has 1 aromatic heterocycles. The fourth-order valence-corrected chi connectivity index (χ4v) is 2.73. The van der Waals surface area contributed by atoms with Gasteiger partial charge in [-0.25, -0.2) is 4.98 Å². The first-order valence-electron chi connectivity index (χ1n) is 7.44. The van der Waals surface area contributed by atoms with E-state index in [2.05, 4.69) is 45.5 Å². The van der Waals surface area contributed by atoms with Crippen LogP contribution in [0.2, 0.25) is 0 Å². The van der Waals surface area contributed by atoms with Crippen molar-refractivity contribution in [3.63, 3.8) is 0 Å². The van der Waals surface area contributed by atoms with Crippen LogP contribution in [-0.2, 0) is 0 Å². The lowest BCUT2D eigenvalue weighted by atomic mass is 9.96. The zero-order valence-corrected chi connectivity index (χ0v) is 13.5. The quantitative estimate of drug-likeness (QED) is 0.797. The Morgan fingerprint density at radius 2 is 1.74 bits per heavy atom. The zero-order chi connectivity index (χ0) is 16.4. The summed E-state index contributed by atoms with van der Waals surface area (Å²) in [5.41, 5.74) is 4.51. The van der Waals surface area contributed by atoms with Crippen LogP contribution in [0, 0.1) is 11.3 Å². The summed E-state index contributed by atoms with van der Waals surface area (Å²) in [5, 5.41) is 13.7. The summed E-state index contributed by atoms with van der Waals surface area (Å²) in [6, 6.07) is 18.4. The van der Waals surface area contributed by atoms with Crippen molar-refractivity contribution in [3.05, 3.63) is 54.1 Å². The first-order valence-corrected chi connectivity index (χ1v) is 7.44. The number of aromatic nitrogens is 1. The summed E-state index contributed by atoms with van der Waals surface area (Å²) in [7, 11) is 5.81. The van der Waals surface area contributed by atoms with Crippen LogP contribution in [0.4, 0.5) is 11.5 Å². The number of hydrogen-bond acceptors (Lipinski definition) is 4. The SMILES string of the molecule is CNc1nc2ccccc2c(-c2ccc(N(C)C)cc2)c1C#N. The molecule has 23 heavy (non-hydrogen) atoms. The largest absolute Gasteiger partial charge is 0.378 e. The maximum Gasteiger partial charge on any atom is 0.145 e. The Morgan fingerprint density at radius 3 is 2.35 bits per heavy atom. The van der Waals surface area contributed by atoms with Crippen LogP contribution < -0.4 is 10.2 Å². The number of pyridine rings is 1. The molecule has 0 atom stereocenters. The summed E-state index contributed by atoms with van der Waals surface area (Å²) in [6.45, 7) is 0. The fourth-order valence-electron chi connectivity index (χ4n) is 2.73. The number of benzene rings is 2. The molecule has 0 aliphatic carbocycles. The number of rotatable bonds is 3. The van der Waals surface area contributed by atoms with Crippen LogP contribution in [-0.4, -0.2) is 26.1 Å². The van der Waals surface area contributed by atoms with E-state index in [1.165, 1.54) is 0 Å². The lowest BCUT2D eigenvalue weighted by Gasteiger charge is -2.15. The smallest absolute Gasteiger partial charge is 0.145 e. The van der Waals surface area contributed by atoms with Crippen LogP contribution in [0.3, 0.4) is 0 Å². The number of fused-ring (bicyclic) bond motifs is 1. The normalized spacial score (nSPS) is 10.3. The maximum atomic E-state index is 9.66. The molecule has 0 spiro atoms. The molecule has 1 N–H and O–H groups in total. The van der Waals surface area contributed by atoms with Gasteiger partial charge in [-0.3, -0.25) is 0 Å². The van der Waals surface area contributed by atoms with Crippen molar-refractivity contribution >= 4 is 22.4 Å². The molecule has 0 amide bonds. The Bertz CT molecular complexity index is 890. The molecule has 0 fully saturated rings. The minimum atomic E-state index is 0.573. The molecule has 0 aliphatic heterocycles. The second-order valence-electron chi connectivity index (χ2n) is 5.53. The van der Waals surface area contributed by atoms with E-state index in [-0.39, 0.29) is 0 Å². The van der Waals surface area contributed by atoms with E-state index in [9.17, 15) is 5.26 Å². The summed E-state index contributed by atoms with van der Waals surface area (Å²) in [4.78, 5) is 6.61. The molecule has 0 bridgehead atoms. The number of anilines is 2. The maximum absolute atomic E-state index is 9.66. The highest BCUT2D eigenvalue weighted by Crippen LogP contribution is 2.35. The molecule has 4 heteroatoms. The summed E-state index contributed by atoms with van der Waals surface area (Å²) in [5.74, 6) is 0.609. The molecule has 0 saturated heterocycles. The van der Waals surface area contributed by atoms with Crippen molar-refractivity contribution < 1.29 is 0 Å². The predicted molar refractivity (Wildman–Crippen MR) is 95.8 cm³/mol. The number of hydrogen-bond donors (Lipinski definition) is 1. The van der Waals surface area contributed by atoms with E-state index in [1.54, 1.807) is 7.05 Å². The highest BCUT2D eigenvalue weighted by atomic mass is 15.1. The number of para-hydroxylation sites is 1. The van der Waals surface area contributed by atoms with Crippen molar-refractivity contribution in [2.75, 3.05) is 31.4 Å². The molecule has 0 saturated carbocycles. The molecule has 114 valence electrons. The Balaban J connectivity index is 2.32. The van der Waals surface area contributed by atoms with Crippen molar-refractivity contribution in [2.24, 2.45) is 0 Å². The van der Waals surface area contributed by atoms with Gasteiger partial charge in [0, 0.05) is 37.8 Å². The number of nitrogens with zero attached hydrogens (tertiary/aromatic N) is 3. The summed E-state index contributed by atoms with van der Waals surface area (Å²) < 4.78 is 0. The summed E-state index contributed by atoms with van der Waals surface area (Å²) in [6.07, 6.45) is 0. The fraction of sp³-hybridized carbons (Fsp3) is 0.158. The van der Waals surface area contributed by atoms with Crippen molar-refractivity contribution in [1.82, 2.24) is 4.98 Å². The van der Waals surface area contributed by atoms with Crippen LogP contribution >= 0.6 is 0 Å². The molecular weight excluding hydrogens is 284 g/mol. The van der Waals surface area contributed by atoms with Gasteiger partial charge in [-0.2, -0.15) is 5.26 Å². The lowest BCUT2D eigenvalue weighted by molar-refractivity contribution is 1.13. The van der Waals surface area contributed by atoms with E-state index in [1.807, 2.05) is 38.4 Å². The lowest BCUT2D eigenvalue weighted by Crippen LogP contribution is -2.08. The molecule has 4 nitrogen and oxygen atoms in total. The van der Waals surface area contributed by atoms with Crippen LogP contribution in [0.15, 0.2) is 48.5 Å². The average Bonchev–Trinajstić information content (AvgIpc) is 2.59. The van der Waals surface area contributed by atoms with Crippen molar-refractivity contribution in [1.29, 1.82) is 5.26 Å². The molecule has 0 radical (unpaired) electrons. The number of nitrogens with one attached hydrogen (secondary N) is 1. The second kappa shape index (κ2) is 5.98. The monoisotopic (exact) mass is 302 g/mol.